The van der Waals surface area contributed by atoms with Crippen LogP contribution in [0.4, 0.5) is 0 Å². The van der Waals surface area contributed by atoms with Crippen LogP contribution in [0.15, 0.2) is 55.1 Å². The summed E-state index contributed by atoms with van der Waals surface area (Å²) in [4.78, 5) is 16.6. The highest BCUT2D eigenvalue weighted by Gasteiger charge is 2.26. The molecule has 4 rings (SSSR count). The Kier molecular flexibility index (Phi) is 5.81. The van der Waals surface area contributed by atoms with Gasteiger partial charge in [-0.2, -0.15) is 0 Å². The van der Waals surface area contributed by atoms with Gasteiger partial charge in [0, 0.05) is 49.7 Å². The van der Waals surface area contributed by atoms with Crippen molar-refractivity contribution in [2.24, 2.45) is 0 Å². The SMILES string of the molecule is CC(C)c1nccn1-c1nccnc1[C@H]1CCCN(CCc2ccccc2)C1. The smallest absolute Gasteiger partial charge is 0.160 e. The van der Waals surface area contributed by atoms with E-state index in [1.807, 2.05) is 18.6 Å². The maximum absolute atomic E-state index is 4.77. The first-order valence-corrected chi connectivity index (χ1v) is 10.3. The molecule has 0 spiro atoms. The van der Waals surface area contributed by atoms with Crippen molar-refractivity contribution in [3.8, 4) is 5.82 Å². The van der Waals surface area contributed by atoms with Gasteiger partial charge in [-0.25, -0.2) is 9.97 Å². The summed E-state index contributed by atoms with van der Waals surface area (Å²) in [5.41, 5.74) is 2.51. The molecule has 5 heteroatoms. The van der Waals surface area contributed by atoms with Gasteiger partial charge in [0.05, 0.1) is 5.69 Å². The minimum atomic E-state index is 0.346. The summed E-state index contributed by atoms with van der Waals surface area (Å²) in [5, 5.41) is 0. The van der Waals surface area contributed by atoms with E-state index in [0.717, 1.165) is 36.8 Å². The lowest BCUT2D eigenvalue weighted by Crippen LogP contribution is -2.36. The molecule has 0 bridgehead atoms. The van der Waals surface area contributed by atoms with E-state index in [1.54, 1.807) is 6.20 Å². The van der Waals surface area contributed by atoms with Crippen LogP contribution in [-0.2, 0) is 6.42 Å². The molecule has 1 fully saturated rings. The third-order valence-electron chi connectivity index (χ3n) is 5.57. The maximum atomic E-state index is 4.77. The summed E-state index contributed by atoms with van der Waals surface area (Å²) < 4.78 is 2.12. The quantitative estimate of drug-likeness (QED) is 0.648. The van der Waals surface area contributed by atoms with Crippen LogP contribution in [0.5, 0.6) is 0 Å². The molecular formula is C23H29N5. The molecule has 0 saturated carbocycles. The Bertz CT molecular complexity index is 887. The van der Waals surface area contributed by atoms with Crippen molar-refractivity contribution in [2.45, 2.75) is 44.9 Å². The Hall–Kier alpha value is -2.53. The highest BCUT2D eigenvalue weighted by molar-refractivity contribution is 5.33. The van der Waals surface area contributed by atoms with E-state index in [-0.39, 0.29) is 0 Å². The standard InChI is InChI=1S/C23H29N5/c1-18(2)22-26-13-16-28(22)23-21(24-11-12-25-23)20-9-6-14-27(17-20)15-10-19-7-4-3-5-8-19/h3-5,7-8,11-13,16,18,20H,6,9-10,14-15,17H2,1-2H3/t20-/m0/s1. The molecule has 1 saturated heterocycles. The highest BCUT2D eigenvalue weighted by atomic mass is 15.2. The van der Waals surface area contributed by atoms with Crippen LogP contribution in [0.2, 0.25) is 0 Å². The molecule has 3 heterocycles. The lowest BCUT2D eigenvalue weighted by atomic mass is 9.94. The number of benzene rings is 1. The van der Waals surface area contributed by atoms with Crippen LogP contribution in [0.1, 0.15) is 55.6 Å². The first-order chi connectivity index (χ1) is 13.7. The first kappa shape index (κ1) is 18.8. The van der Waals surface area contributed by atoms with Gasteiger partial charge >= 0.3 is 0 Å². The minimum Gasteiger partial charge on any atom is -0.302 e. The third-order valence-corrected chi connectivity index (χ3v) is 5.57. The summed E-state index contributed by atoms with van der Waals surface area (Å²) in [6.45, 7) is 7.64. The van der Waals surface area contributed by atoms with Crippen molar-refractivity contribution in [3.05, 3.63) is 72.2 Å². The van der Waals surface area contributed by atoms with E-state index < -0.39 is 0 Å². The third kappa shape index (κ3) is 4.14. The molecule has 3 aromatic rings. The number of piperidine rings is 1. The molecule has 0 radical (unpaired) electrons. The fourth-order valence-corrected chi connectivity index (χ4v) is 4.15. The average Bonchev–Trinajstić information content (AvgIpc) is 3.23. The summed E-state index contributed by atoms with van der Waals surface area (Å²) in [6, 6.07) is 10.8. The molecule has 1 atom stereocenters. The molecule has 28 heavy (non-hydrogen) atoms. The lowest BCUT2D eigenvalue weighted by Gasteiger charge is -2.33. The number of hydrogen-bond donors (Lipinski definition) is 0. The van der Waals surface area contributed by atoms with Gasteiger partial charge < -0.3 is 4.90 Å². The van der Waals surface area contributed by atoms with Crippen molar-refractivity contribution < 1.29 is 0 Å². The second-order valence-corrected chi connectivity index (χ2v) is 7.95. The molecule has 0 amide bonds. The molecule has 1 aromatic carbocycles. The van der Waals surface area contributed by atoms with E-state index >= 15 is 0 Å². The Labute approximate surface area is 167 Å². The van der Waals surface area contributed by atoms with E-state index in [0.29, 0.717) is 11.8 Å². The van der Waals surface area contributed by atoms with Gasteiger partial charge in [0.15, 0.2) is 5.82 Å². The van der Waals surface area contributed by atoms with Crippen LogP contribution >= 0.6 is 0 Å². The number of likely N-dealkylation sites (tertiary alicyclic amines) is 1. The van der Waals surface area contributed by atoms with Crippen LogP contribution in [0, 0.1) is 0 Å². The number of rotatable bonds is 6. The number of imidazole rings is 1. The Morgan fingerprint density at radius 1 is 1.04 bits per heavy atom. The second kappa shape index (κ2) is 8.65. The van der Waals surface area contributed by atoms with E-state index in [1.165, 1.54) is 24.9 Å². The zero-order chi connectivity index (χ0) is 19.3. The Morgan fingerprint density at radius 2 is 1.86 bits per heavy atom. The predicted octanol–water partition coefficient (Wildman–Crippen LogP) is 4.21. The van der Waals surface area contributed by atoms with Gasteiger partial charge in [0.25, 0.3) is 0 Å². The van der Waals surface area contributed by atoms with Crippen LogP contribution < -0.4 is 0 Å². The molecule has 5 nitrogen and oxygen atoms in total. The first-order valence-electron chi connectivity index (χ1n) is 10.3. The van der Waals surface area contributed by atoms with Gasteiger partial charge in [-0.1, -0.05) is 44.2 Å². The zero-order valence-corrected chi connectivity index (χ0v) is 16.8. The fraction of sp³-hybridized carbons (Fsp3) is 0.435. The molecule has 0 unspecified atom stereocenters. The summed E-state index contributed by atoms with van der Waals surface area (Å²) >= 11 is 0. The fourth-order valence-electron chi connectivity index (χ4n) is 4.15. The van der Waals surface area contributed by atoms with Gasteiger partial charge in [0.2, 0.25) is 0 Å². The molecule has 0 aliphatic carbocycles. The van der Waals surface area contributed by atoms with Crippen LogP contribution in [0.25, 0.3) is 5.82 Å². The number of hydrogen-bond acceptors (Lipinski definition) is 4. The van der Waals surface area contributed by atoms with Crippen LogP contribution in [-0.4, -0.2) is 44.1 Å². The van der Waals surface area contributed by atoms with Crippen molar-refractivity contribution in [1.82, 2.24) is 24.4 Å². The molecule has 1 aliphatic heterocycles. The second-order valence-electron chi connectivity index (χ2n) is 7.95. The molecular weight excluding hydrogens is 346 g/mol. The van der Waals surface area contributed by atoms with Gasteiger partial charge in [0.1, 0.15) is 5.82 Å². The van der Waals surface area contributed by atoms with Crippen LogP contribution in [0.3, 0.4) is 0 Å². The van der Waals surface area contributed by atoms with Gasteiger partial charge in [-0.05, 0) is 31.4 Å². The van der Waals surface area contributed by atoms with E-state index in [9.17, 15) is 0 Å². The number of aromatic nitrogens is 4. The minimum absolute atomic E-state index is 0.346. The average molecular weight is 376 g/mol. The number of nitrogens with zero attached hydrogens (tertiary/aromatic N) is 5. The topological polar surface area (TPSA) is 46.8 Å². The molecule has 146 valence electrons. The van der Waals surface area contributed by atoms with E-state index in [2.05, 4.69) is 58.6 Å². The Balaban J connectivity index is 1.52. The molecule has 1 aliphatic rings. The Morgan fingerprint density at radius 3 is 2.68 bits per heavy atom. The maximum Gasteiger partial charge on any atom is 0.160 e. The summed E-state index contributed by atoms with van der Waals surface area (Å²) in [5.74, 6) is 2.74. The molecule has 2 aromatic heterocycles. The van der Waals surface area contributed by atoms with Crippen molar-refractivity contribution >= 4 is 0 Å². The monoisotopic (exact) mass is 375 g/mol. The lowest BCUT2D eigenvalue weighted by molar-refractivity contribution is 0.208. The van der Waals surface area contributed by atoms with Crippen molar-refractivity contribution in [3.63, 3.8) is 0 Å². The summed E-state index contributed by atoms with van der Waals surface area (Å²) in [7, 11) is 0. The highest BCUT2D eigenvalue weighted by Crippen LogP contribution is 2.30. The van der Waals surface area contributed by atoms with Crippen molar-refractivity contribution in [1.29, 1.82) is 0 Å². The van der Waals surface area contributed by atoms with Gasteiger partial charge in [-0.15, -0.1) is 0 Å². The normalized spacial score (nSPS) is 17.9. The summed E-state index contributed by atoms with van der Waals surface area (Å²) in [6.07, 6.45) is 11.0. The van der Waals surface area contributed by atoms with Gasteiger partial charge in [-0.3, -0.25) is 9.55 Å². The molecule has 0 N–H and O–H groups in total. The predicted molar refractivity (Wildman–Crippen MR) is 112 cm³/mol. The van der Waals surface area contributed by atoms with Crippen molar-refractivity contribution in [2.75, 3.05) is 19.6 Å². The zero-order valence-electron chi connectivity index (χ0n) is 16.8. The van der Waals surface area contributed by atoms with E-state index in [4.69, 9.17) is 9.97 Å². The largest absolute Gasteiger partial charge is 0.302 e.